The van der Waals surface area contributed by atoms with Crippen molar-refractivity contribution in [1.29, 1.82) is 0 Å². The van der Waals surface area contributed by atoms with Crippen LogP contribution < -0.4 is 5.32 Å². The van der Waals surface area contributed by atoms with E-state index < -0.39 is 12.0 Å². The number of hydrogen-bond acceptors (Lipinski definition) is 3. The SMILES string of the molecule is O=C(N[C@@H]1CCC[C@@H]1n1ccnc1)[C@H](O)c1ccccc1Cl. The zero-order valence-corrected chi connectivity index (χ0v) is 12.8. The van der Waals surface area contributed by atoms with Crippen LogP contribution in [0, 0.1) is 0 Å². The van der Waals surface area contributed by atoms with Crippen molar-refractivity contribution in [2.45, 2.75) is 37.5 Å². The van der Waals surface area contributed by atoms with E-state index in [9.17, 15) is 9.90 Å². The number of halogens is 1. The first-order valence-electron chi connectivity index (χ1n) is 7.37. The van der Waals surface area contributed by atoms with Crippen LogP contribution in [-0.4, -0.2) is 26.6 Å². The summed E-state index contributed by atoms with van der Waals surface area (Å²) in [7, 11) is 0. The van der Waals surface area contributed by atoms with Gasteiger partial charge in [0.05, 0.1) is 12.4 Å². The predicted octanol–water partition coefficient (Wildman–Crippen LogP) is 2.48. The third kappa shape index (κ3) is 3.00. The van der Waals surface area contributed by atoms with Crippen molar-refractivity contribution in [3.05, 3.63) is 53.6 Å². The molecule has 2 aromatic rings. The average Bonchev–Trinajstić information content (AvgIpc) is 3.17. The lowest BCUT2D eigenvalue weighted by atomic mass is 10.1. The van der Waals surface area contributed by atoms with Crippen molar-refractivity contribution >= 4 is 17.5 Å². The molecular formula is C16H18ClN3O2. The van der Waals surface area contributed by atoms with E-state index in [1.165, 1.54) is 0 Å². The molecule has 1 aromatic heterocycles. The van der Waals surface area contributed by atoms with E-state index in [1.54, 1.807) is 36.8 Å². The lowest BCUT2D eigenvalue weighted by Gasteiger charge is -2.23. The summed E-state index contributed by atoms with van der Waals surface area (Å²) in [5.41, 5.74) is 0.429. The number of amides is 1. The number of aliphatic hydroxyl groups excluding tert-OH is 1. The quantitative estimate of drug-likeness (QED) is 0.909. The Balaban J connectivity index is 1.70. The summed E-state index contributed by atoms with van der Waals surface area (Å²) in [4.78, 5) is 16.4. The minimum atomic E-state index is -1.25. The molecule has 1 amide bonds. The van der Waals surface area contributed by atoms with Gasteiger partial charge in [0.25, 0.3) is 5.91 Å². The van der Waals surface area contributed by atoms with E-state index in [1.807, 2.05) is 10.8 Å². The zero-order chi connectivity index (χ0) is 15.5. The molecule has 0 saturated heterocycles. The maximum atomic E-state index is 12.3. The maximum Gasteiger partial charge on any atom is 0.253 e. The molecule has 3 rings (SSSR count). The third-order valence-corrected chi connectivity index (χ3v) is 4.51. The molecule has 2 N–H and O–H groups in total. The van der Waals surface area contributed by atoms with Crippen molar-refractivity contribution in [3.63, 3.8) is 0 Å². The van der Waals surface area contributed by atoms with Crippen molar-refractivity contribution < 1.29 is 9.90 Å². The molecule has 1 aromatic carbocycles. The Kier molecular flexibility index (Phi) is 4.45. The molecule has 0 aliphatic heterocycles. The molecule has 1 fully saturated rings. The van der Waals surface area contributed by atoms with Crippen molar-refractivity contribution in [3.8, 4) is 0 Å². The number of rotatable bonds is 4. The van der Waals surface area contributed by atoms with E-state index in [0.29, 0.717) is 10.6 Å². The summed E-state index contributed by atoms with van der Waals surface area (Å²) < 4.78 is 2.01. The van der Waals surface area contributed by atoms with Crippen LogP contribution in [0.5, 0.6) is 0 Å². The first-order chi connectivity index (χ1) is 10.7. The van der Waals surface area contributed by atoms with Gasteiger partial charge in [0.1, 0.15) is 0 Å². The van der Waals surface area contributed by atoms with Crippen LogP contribution in [0.2, 0.25) is 5.02 Å². The first-order valence-corrected chi connectivity index (χ1v) is 7.75. The van der Waals surface area contributed by atoms with Gasteiger partial charge >= 0.3 is 0 Å². The van der Waals surface area contributed by atoms with Gasteiger partial charge in [0.15, 0.2) is 6.10 Å². The van der Waals surface area contributed by atoms with Crippen LogP contribution in [0.25, 0.3) is 0 Å². The van der Waals surface area contributed by atoms with Gasteiger partial charge in [0.2, 0.25) is 0 Å². The Hall–Kier alpha value is -1.85. The third-order valence-electron chi connectivity index (χ3n) is 4.16. The summed E-state index contributed by atoms with van der Waals surface area (Å²) >= 11 is 6.04. The minimum Gasteiger partial charge on any atom is -0.378 e. The molecule has 1 heterocycles. The van der Waals surface area contributed by atoms with Crippen LogP contribution in [0.15, 0.2) is 43.0 Å². The normalized spacial score (nSPS) is 22.5. The van der Waals surface area contributed by atoms with Gasteiger partial charge in [-0.15, -0.1) is 0 Å². The number of aromatic nitrogens is 2. The predicted molar refractivity (Wildman–Crippen MR) is 83.5 cm³/mol. The molecule has 22 heavy (non-hydrogen) atoms. The molecule has 3 atom stereocenters. The maximum absolute atomic E-state index is 12.3. The van der Waals surface area contributed by atoms with Crippen molar-refractivity contribution in [2.75, 3.05) is 0 Å². The van der Waals surface area contributed by atoms with Crippen molar-refractivity contribution in [1.82, 2.24) is 14.9 Å². The monoisotopic (exact) mass is 319 g/mol. The summed E-state index contributed by atoms with van der Waals surface area (Å²) in [5.74, 6) is -0.412. The summed E-state index contributed by atoms with van der Waals surface area (Å²) in [6.07, 6.45) is 7.07. The molecular weight excluding hydrogens is 302 g/mol. The highest BCUT2D eigenvalue weighted by Gasteiger charge is 2.31. The number of carbonyl (C=O) groups is 1. The highest BCUT2D eigenvalue weighted by atomic mass is 35.5. The fraction of sp³-hybridized carbons (Fsp3) is 0.375. The van der Waals surface area contributed by atoms with E-state index in [-0.39, 0.29) is 12.1 Å². The zero-order valence-electron chi connectivity index (χ0n) is 12.0. The molecule has 0 unspecified atom stereocenters. The van der Waals surface area contributed by atoms with Gasteiger partial charge in [0, 0.05) is 29.0 Å². The summed E-state index contributed by atoms with van der Waals surface area (Å²) in [5, 5.41) is 13.6. The molecule has 116 valence electrons. The average molecular weight is 320 g/mol. The standard InChI is InChI=1S/C16H18ClN3O2/c17-12-5-2-1-4-11(12)15(21)16(22)19-13-6-3-7-14(13)20-9-8-18-10-20/h1-2,4-5,8-10,13-15,21H,3,6-7H2,(H,19,22)/t13-,14+,15-/m1/s1. The smallest absolute Gasteiger partial charge is 0.253 e. The second kappa shape index (κ2) is 6.50. The fourth-order valence-electron chi connectivity index (χ4n) is 3.03. The van der Waals surface area contributed by atoms with Crippen LogP contribution >= 0.6 is 11.6 Å². The highest BCUT2D eigenvalue weighted by Crippen LogP contribution is 2.31. The highest BCUT2D eigenvalue weighted by molar-refractivity contribution is 6.31. The van der Waals surface area contributed by atoms with E-state index in [0.717, 1.165) is 19.3 Å². The Labute approximate surface area is 133 Å². The second-order valence-corrected chi connectivity index (χ2v) is 5.95. The van der Waals surface area contributed by atoms with Crippen LogP contribution in [-0.2, 0) is 4.79 Å². The number of nitrogens with one attached hydrogen (secondary N) is 1. The lowest BCUT2D eigenvalue weighted by molar-refractivity contribution is -0.130. The summed E-state index contributed by atoms with van der Waals surface area (Å²) in [6, 6.07) is 7.03. The minimum absolute atomic E-state index is 0.00108. The number of aliphatic hydroxyl groups is 1. The molecule has 0 radical (unpaired) electrons. The number of imidazole rings is 1. The molecule has 1 aliphatic carbocycles. The van der Waals surface area contributed by atoms with Crippen LogP contribution in [0.4, 0.5) is 0 Å². The van der Waals surface area contributed by atoms with Gasteiger partial charge < -0.3 is 15.0 Å². The van der Waals surface area contributed by atoms with Crippen LogP contribution in [0.3, 0.4) is 0 Å². The number of benzene rings is 1. The number of nitrogens with zero attached hydrogens (tertiary/aromatic N) is 2. The molecule has 0 bridgehead atoms. The topological polar surface area (TPSA) is 67.2 Å². The van der Waals surface area contributed by atoms with Crippen molar-refractivity contribution in [2.24, 2.45) is 0 Å². The Morgan fingerprint density at radius 3 is 2.95 bits per heavy atom. The number of hydrogen-bond donors (Lipinski definition) is 2. The van der Waals surface area contributed by atoms with Gasteiger partial charge in [-0.1, -0.05) is 29.8 Å². The van der Waals surface area contributed by atoms with E-state index in [2.05, 4.69) is 10.3 Å². The molecule has 6 heteroatoms. The van der Waals surface area contributed by atoms with E-state index in [4.69, 9.17) is 11.6 Å². The summed E-state index contributed by atoms with van der Waals surface area (Å²) in [6.45, 7) is 0. The largest absolute Gasteiger partial charge is 0.378 e. The second-order valence-electron chi connectivity index (χ2n) is 5.55. The molecule has 1 saturated carbocycles. The van der Waals surface area contributed by atoms with E-state index >= 15 is 0 Å². The first kappa shape index (κ1) is 15.1. The lowest BCUT2D eigenvalue weighted by Crippen LogP contribution is -2.40. The van der Waals surface area contributed by atoms with Gasteiger partial charge in [-0.05, 0) is 25.3 Å². The Bertz CT molecular complexity index is 645. The molecule has 5 nitrogen and oxygen atoms in total. The number of carbonyl (C=O) groups excluding carboxylic acids is 1. The van der Waals surface area contributed by atoms with Gasteiger partial charge in [-0.25, -0.2) is 4.98 Å². The molecule has 0 spiro atoms. The fourth-order valence-corrected chi connectivity index (χ4v) is 3.27. The van der Waals surface area contributed by atoms with Gasteiger partial charge in [-0.3, -0.25) is 4.79 Å². The van der Waals surface area contributed by atoms with Gasteiger partial charge in [-0.2, -0.15) is 0 Å². The Morgan fingerprint density at radius 2 is 2.23 bits per heavy atom. The Morgan fingerprint density at radius 1 is 1.41 bits per heavy atom. The molecule has 1 aliphatic rings. The van der Waals surface area contributed by atoms with Crippen LogP contribution in [0.1, 0.15) is 37.0 Å².